The molecule has 1 saturated carbocycles. The average molecular weight is 281 g/mol. The molecule has 0 aromatic carbocycles. The number of amides is 2. The van der Waals surface area contributed by atoms with Crippen molar-refractivity contribution < 1.29 is 19.2 Å². The van der Waals surface area contributed by atoms with Gasteiger partial charge in [0.1, 0.15) is 0 Å². The predicted molar refractivity (Wildman–Crippen MR) is 72.0 cm³/mol. The third kappa shape index (κ3) is 3.02. The molecule has 1 saturated heterocycles. The first-order valence-electron chi connectivity index (χ1n) is 7.47. The van der Waals surface area contributed by atoms with Gasteiger partial charge in [-0.2, -0.15) is 0 Å². The second-order valence-electron chi connectivity index (χ2n) is 6.42. The summed E-state index contributed by atoms with van der Waals surface area (Å²) in [5, 5.41) is 0.666. The van der Waals surface area contributed by atoms with Crippen LogP contribution in [-0.2, 0) is 19.2 Å². The first kappa shape index (κ1) is 15.0. The Balaban J connectivity index is 2.05. The van der Waals surface area contributed by atoms with E-state index >= 15 is 0 Å². The minimum Gasteiger partial charge on any atom is -0.330 e. The minimum atomic E-state index is -0.418. The van der Waals surface area contributed by atoms with Crippen LogP contribution >= 0.6 is 0 Å². The lowest BCUT2D eigenvalue weighted by molar-refractivity contribution is -0.203. The molecule has 5 heteroatoms. The van der Waals surface area contributed by atoms with Gasteiger partial charge in [0.2, 0.25) is 0 Å². The molecule has 2 amide bonds. The maximum Gasteiger partial charge on any atom is 0.336 e. The normalized spacial score (nSPS) is 31.0. The highest BCUT2D eigenvalue weighted by Gasteiger charge is 2.40. The SMILES string of the molecule is CC1CCC(C(C)C)C(C(=O)ON2C(=O)CCC2=O)C1. The average Bonchev–Trinajstić information content (AvgIpc) is 2.70. The lowest BCUT2D eigenvalue weighted by atomic mass is 9.70. The summed E-state index contributed by atoms with van der Waals surface area (Å²) in [6.07, 6.45) is 3.17. The highest BCUT2D eigenvalue weighted by Crippen LogP contribution is 2.38. The van der Waals surface area contributed by atoms with Gasteiger partial charge in [0.05, 0.1) is 5.92 Å². The van der Waals surface area contributed by atoms with E-state index in [0.29, 0.717) is 16.9 Å². The quantitative estimate of drug-likeness (QED) is 0.745. The van der Waals surface area contributed by atoms with E-state index in [1.165, 1.54) is 0 Å². The number of rotatable bonds is 3. The standard InChI is InChI=1S/C15H23NO4/c1-9(2)11-5-4-10(3)8-12(11)15(19)20-16-13(17)6-7-14(16)18/h9-12H,4-8H2,1-3H3. The Labute approximate surface area is 119 Å². The smallest absolute Gasteiger partial charge is 0.330 e. The van der Waals surface area contributed by atoms with Crippen LogP contribution in [0.25, 0.3) is 0 Å². The molecule has 2 aliphatic rings. The lowest BCUT2D eigenvalue weighted by Gasteiger charge is -2.35. The molecule has 0 aromatic heterocycles. The Morgan fingerprint density at radius 3 is 2.35 bits per heavy atom. The van der Waals surface area contributed by atoms with E-state index in [0.717, 1.165) is 19.3 Å². The number of imide groups is 1. The van der Waals surface area contributed by atoms with Crippen LogP contribution in [0.4, 0.5) is 0 Å². The lowest BCUT2D eigenvalue weighted by Crippen LogP contribution is -2.40. The molecule has 3 unspecified atom stereocenters. The van der Waals surface area contributed by atoms with E-state index in [9.17, 15) is 14.4 Å². The zero-order valence-corrected chi connectivity index (χ0v) is 12.4. The Bertz CT molecular complexity index is 402. The zero-order valence-electron chi connectivity index (χ0n) is 12.4. The Morgan fingerprint density at radius 2 is 1.80 bits per heavy atom. The number of hydrogen-bond acceptors (Lipinski definition) is 4. The third-order valence-corrected chi connectivity index (χ3v) is 4.51. The fourth-order valence-electron chi connectivity index (χ4n) is 3.29. The summed E-state index contributed by atoms with van der Waals surface area (Å²) in [5.74, 6) is -0.301. The molecule has 0 spiro atoms. The van der Waals surface area contributed by atoms with Crippen LogP contribution in [0.15, 0.2) is 0 Å². The highest BCUT2D eigenvalue weighted by atomic mass is 16.7. The van der Waals surface area contributed by atoms with Crippen molar-refractivity contribution in [2.24, 2.45) is 23.7 Å². The molecule has 1 aliphatic carbocycles. The van der Waals surface area contributed by atoms with Crippen LogP contribution < -0.4 is 0 Å². The Hall–Kier alpha value is -1.39. The molecule has 0 aromatic rings. The molecule has 20 heavy (non-hydrogen) atoms. The summed E-state index contributed by atoms with van der Waals surface area (Å²) in [6, 6.07) is 0. The number of nitrogens with zero attached hydrogens (tertiary/aromatic N) is 1. The van der Waals surface area contributed by atoms with Crippen molar-refractivity contribution in [3.05, 3.63) is 0 Å². The molecule has 1 heterocycles. The van der Waals surface area contributed by atoms with Gasteiger partial charge in [-0.1, -0.05) is 27.2 Å². The van der Waals surface area contributed by atoms with Crippen molar-refractivity contribution in [3.63, 3.8) is 0 Å². The van der Waals surface area contributed by atoms with Crippen molar-refractivity contribution in [3.8, 4) is 0 Å². The summed E-state index contributed by atoms with van der Waals surface area (Å²) in [4.78, 5) is 40.5. The number of hydroxylamine groups is 2. The third-order valence-electron chi connectivity index (χ3n) is 4.51. The van der Waals surface area contributed by atoms with Crippen molar-refractivity contribution in [1.82, 2.24) is 5.06 Å². The van der Waals surface area contributed by atoms with Crippen LogP contribution in [0.3, 0.4) is 0 Å². The van der Waals surface area contributed by atoms with Gasteiger partial charge < -0.3 is 4.84 Å². The largest absolute Gasteiger partial charge is 0.336 e. The van der Waals surface area contributed by atoms with Crippen LogP contribution in [0.5, 0.6) is 0 Å². The summed E-state index contributed by atoms with van der Waals surface area (Å²) < 4.78 is 0. The molecule has 0 N–H and O–H groups in total. The molecule has 2 fully saturated rings. The summed E-state index contributed by atoms with van der Waals surface area (Å²) >= 11 is 0. The van der Waals surface area contributed by atoms with Crippen LogP contribution in [-0.4, -0.2) is 22.8 Å². The van der Waals surface area contributed by atoms with Gasteiger partial charge in [0.25, 0.3) is 11.8 Å². The van der Waals surface area contributed by atoms with Gasteiger partial charge in [-0.3, -0.25) is 9.59 Å². The fraction of sp³-hybridized carbons (Fsp3) is 0.800. The summed E-state index contributed by atoms with van der Waals surface area (Å²) in [6.45, 7) is 6.34. The second-order valence-corrected chi connectivity index (χ2v) is 6.42. The van der Waals surface area contributed by atoms with Crippen molar-refractivity contribution in [2.45, 2.75) is 52.9 Å². The second kappa shape index (κ2) is 5.94. The van der Waals surface area contributed by atoms with E-state index in [1.807, 2.05) is 0 Å². The van der Waals surface area contributed by atoms with Crippen molar-refractivity contribution in [2.75, 3.05) is 0 Å². The molecule has 3 atom stereocenters. The molecule has 2 rings (SSSR count). The van der Waals surface area contributed by atoms with Gasteiger partial charge in [-0.25, -0.2) is 4.79 Å². The van der Waals surface area contributed by atoms with E-state index in [4.69, 9.17) is 4.84 Å². The van der Waals surface area contributed by atoms with Gasteiger partial charge in [0.15, 0.2) is 0 Å². The van der Waals surface area contributed by atoms with Crippen molar-refractivity contribution in [1.29, 1.82) is 0 Å². The first-order chi connectivity index (χ1) is 9.40. The minimum absolute atomic E-state index is 0.140. The van der Waals surface area contributed by atoms with Gasteiger partial charge in [-0.15, -0.1) is 5.06 Å². The summed E-state index contributed by atoms with van der Waals surface area (Å²) in [5.41, 5.74) is 0. The number of hydrogen-bond donors (Lipinski definition) is 0. The molecule has 0 bridgehead atoms. The highest BCUT2D eigenvalue weighted by molar-refractivity contribution is 6.01. The molecule has 1 aliphatic heterocycles. The Kier molecular flexibility index (Phi) is 4.45. The molecular formula is C15H23NO4. The van der Waals surface area contributed by atoms with Crippen LogP contribution in [0.1, 0.15) is 52.9 Å². The van der Waals surface area contributed by atoms with Crippen LogP contribution in [0, 0.1) is 23.7 Å². The maximum absolute atomic E-state index is 12.3. The Morgan fingerprint density at radius 1 is 1.20 bits per heavy atom. The van der Waals surface area contributed by atoms with Gasteiger partial charge >= 0.3 is 5.97 Å². The fourth-order valence-corrected chi connectivity index (χ4v) is 3.29. The predicted octanol–water partition coefficient (Wildman–Crippen LogP) is 2.30. The molecular weight excluding hydrogens is 258 g/mol. The van der Waals surface area contributed by atoms with E-state index < -0.39 is 17.8 Å². The maximum atomic E-state index is 12.3. The van der Waals surface area contributed by atoms with E-state index in [2.05, 4.69) is 20.8 Å². The van der Waals surface area contributed by atoms with Gasteiger partial charge in [0, 0.05) is 12.8 Å². The van der Waals surface area contributed by atoms with Crippen molar-refractivity contribution >= 4 is 17.8 Å². The first-order valence-corrected chi connectivity index (χ1v) is 7.47. The molecule has 5 nitrogen and oxygen atoms in total. The molecule has 112 valence electrons. The zero-order chi connectivity index (χ0) is 14.9. The van der Waals surface area contributed by atoms with E-state index in [1.54, 1.807) is 0 Å². The summed E-state index contributed by atoms with van der Waals surface area (Å²) in [7, 11) is 0. The van der Waals surface area contributed by atoms with Gasteiger partial charge in [-0.05, 0) is 30.6 Å². The number of carbonyl (C=O) groups excluding carboxylic acids is 3. The number of carbonyl (C=O) groups is 3. The van der Waals surface area contributed by atoms with E-state index in [-0.39, 0.29) is 24.7 Å². The monoisotopic (exact) mass is 281 g/mol. The molecule has 0 radical (unpaired) electrons. The van der Waals surface area contributed by atoms with Crippen LogP contribution in [0.2, 0.25) is 0 Å². The topological polar surface area (TPSA) is 63.7 Å².